The Bertz CT molecular complexity index is 977. The molecule has 0 spiro atoms. The van der Waals surface area contributed by atoms with Gasteiger partial charge in [-0.3, -0.25) is 9.89 Å². The number of carbonyl (C=O) groups excluding carboxylic acids is 1. The minimum Gasteiger partial charge on any atom is -0.376 e. The van der Waals surface area contributed by atoms with Gasteiger partial charge >= 0.3 is 0 Å². The minimum atomic E-state index is -0.264. The van der Waals surface area contributed by atoms with Gasteiger partial charge in [-0.25, -0.2) is 9.97 Å². The second-order valence-corrected chi connectivity index (χ2v) is 6.51. The Balaban J connectivity index is 1.52. The van der Waals surface area contributed by atoms with Gasteiger partial charge in [0.2, 0.25) is 0 Å². The van der Waals surface area contributed by atoms with E-state index in [4.69, 9.17) is 9.72 Å². The quantitative estimate of drug-likeness (QED) is 0.767. The Morgan fingerprint density at radius 3 is 2.80 bits per heavy atom. The number of anilines is 1. The molecule has 2 aromatic heterocycles. The maximum atomic E-state index is 12.9. The lowest BCUT2D eigenvalue weighted by atomic mass is 10.1. The average molecular weight is 335 g/mol. The van der Waals surface area contributed by atoms with E-state index < -0.39 is 0 Å². The number of para-hydroxylation sites is 2. The number of hydrogen-bond donors (Lipinski definition) is 2. The summed E-state index contributed by atoms with van der Waals surface area (Å²) in [7, 11) is 0. The predicted octanol–water partition coefficient (Wildman–Crippen LogP) is 2.56. The number of aromatic amines is 1. The first-order chi connectivity index (χ1) is 12.3. The Hall–Kier alpha value is -2.80. The van der Waals surface area contributed by atoms with Gasteiger partial charge in [0.05, 0.1) is 29.9 Å². The van der Waals surface area contributed by atoms with Gasteiger partial charge in [0.1, 0.15) is 0 Å². The smallest absolute Gasteiger partial charge is 0.277 e. The average Bonchev–Trinajstić information content (AvgIpc) is 3.43. The van der Waals surface area contributed by atoms with Crippen molar-refractivity contribution in [3.63, 3.8) is 0 Å². The second-order valence-electron chi connectivity index (χ2n) is 6.51. The number of rotatable bonds is 3. The molecule has 3 heterocycles. The van der Waals surface area contributed by atoms with Gasteiger partial charge in [0, 0.05) is 23.6 Å². The van der Waals surface area contributed by atoms with E-state index >= 15 is 0 Å². The summed E-state index contributed by atoms with van der Waals surface area (Å²) in [6.07, 6.45) is 2.89. The van der Waals surface area contributed by atoms with Crippen molar-refractivity contribution in [3.8, 4) is 0 Å². The number of nitrogens with zero attached hydrogens (tertiary/aromatic N) is 3. The normalized spacial score (nSPS) is 16.6. The number of amides is 1. The third kappa shape index (κ3) is 2.56. The standard InChI is InChI=1S/C18H17N5O2/c24-18(21-17-11-9-25-8-7-12(11)22-23-17)16-15(10-5-6-10)19-13-3-1-2-4-14(13)20-16/h1-4,10H,5-9H2,(H2,21,22,23,24). The lowest BCUT2D eigenvalue weighted by molar-refractivity contribution is 0.101. The lowest BCUT2D eigenvalue weighted by Crippen LogP contribution is -2.19. The number of H-pyrrole nitrogens is 1. The summed E-state index contributed by atoms with van der Waals surface area (Å²) in [4.78, 5) is 22.2. The summed E-state index contributed by atoms with van der Waals surface area (Å²) in [5.41, 5.74) is 4.68. The van der Waals surface area contributed by atoms with Crippen molar-refractivity contribution in [2.75, 3.05) is 11.9 Å². The van der Waals surface area contributed by atoms with E-state index in [1.165, 1.54) is 0 Å². The van der Waals surface area contributed by atoms with Crippen molar-refractivity contribution in [2.45, 2.75) is 31.8 Å². The third-order valence-corrected chi connectivity index (χ3v) is 4.70. The molecule has 2 N–H and O–H groups in total. The fourth-order valence-corrected chi connectivity index (χ4v) is 3.20. The first-order valence-corrected chi connectivity index (χ1v) is 8.51. The molecule has 0 saturated heterocycles. The monoisotopic (exact) mass is 335 g/mol. The molecule has 0 bridgehead atoms. The zero-order valence-electron chi connectivity index (χ0n) is 13.6. The summed E-state index contributed by atoms with van der Waals surface area (Å²) >= 11 is 0. The van der Waals surface area contributed by atoms with Gasteiger partial charge < -0.3 is 10.1 Å². The third-order valence-electron chi connectivity index (χ3n) is 4.70. The van der Waals surface area contributed by atoms with Crippen molar-refractivity contribution >= 4 is 22.8 Å². The van der Waals surface area contributed by atoms with Crippen LogP contribution >= 0.6 is 0 Å². The second kappa shape index (κ2) is 5.63. The first kappa shape index (κ1) is 14.5. The van der Waals surface area contributed by atoms with Crippen LogP contribution in [0.1, 0.15) is 46.2 Å². The van der Waals surface area contributed by atoms with Gasteiger partial charge in [-0.1, -0.05) is 12.1 Å². The van der Waals surface area contributed by atoms with Crippen LogP contribution in [-0.2, 0) is 17.8 Å². The Morgan fingerprint density at radius 2 is 2.00 bits per heavy atom. The summed E-state index contributed by atoms with van der Waals surface area (Å²) in [6, 6.07) is 7.64. The highest BCUT2D eigenvalue weighted by molar-refractivity contribution is 6.04. The topological polar surface area (TPSA) is 92.8 Å². The Morgan fingerprint density at radius 1 is 1.20 bits per heavy atom. The van der Waals surface area contributed by atoms with Crippen LogP contribution in [0.3, 0.4) is 0 Å². The molecule has 1 fully saturated rings. The fourth-order valence-electron chi connectivity index (χ4n) is 3.20. The molecule has 7 heteroatoms. The Kier molecular flexibility index (Phi) is 3.27. The molecule has 5 rings (SSSR count). The highest BCUT2D eigenvalue weighted by Crippen LogP contribution is 2.41. The molecular weight excluding hydrogens is 318 g/mol. The van der Waals surface area contributed by atoms with E-state index in [9.17, 15) is 4.79 Å². The molecule has 2 aliphatic rings. The molecule has 3 aromatic rings. The van der Waals surface area contributed by atoms with Crippen LogP contribution in [0.15, 0.2) is 24.3 Å². The van der Waals surface area contributed by atoms with Gasteiger partial charge in [-0.2, -0.15) is 5.10 Å². The van der Waals surface area contributed by atoms with Gasteiger partial charge in [-0.05, 0) is 25.0 Å². The first-order valence-electron chi connectivity index (χ1n) is 8.51. The minimum absolute atomic E-state index is 0.264. The molecule has 1 aromatic carbocycles. The largest absolute Gasteiger partial charge is 0.376 e. The highest BCUT2D eigenvalue weighted by atomic mass is 16.5. The summed E-state index contributed by atoms with van der Waals surface area (Å²) in [5, 5.41) is 10.1. The highest BCUT2D eigenvalue weighted by Gasteiger charge is 2.32. The van der Waals surface area contributed by atoms with Crippen LogP contribution in [0.5, 0.6) is 0 Å². The van der Waals surface area contributed by atoms with Crippen LogP contribution < -0.4 is 5.32 Å². The molecular formula is C18H17N5O2. The van der Waals surface area contributed by atoms with Crippen molar-refractivity contribution in [2.24, 2.45) is 0 Å². The van der Waals surface area contributed by atoms with Crippen LogP contribution in [0.2, 0.25) is 0 Å². The summed E-state index contributed by atoms with van der Waals surface area (Å²) in [5.74, 6) is 0.589. The number of carbonyl (C=O) groups is 1. The van der Waals surface area contributed by atoms with Crippen molar-refractivity contribution in [1.29, 1.82) is 0 Å². The lowest BCUT2D eigenvalue weighted by Gasteiger charge is -2.13. The fraction of sp³-hybridized carbons (Fsp3) is 0.333. The van der Waals surface area contributed by atoms with Crippen LogP contribution in [0.25, 0.3) is 11.0 Å². The molecule has 0 radical (unpaired) electrons. The number of benzene rings is 1. The summed E-state index contributed by atoms with van der Waals surface area (Å²) in [6.45, 7) is 1.13. The van der Waals surface area contributed by atoms with Gasteiger partial charge in [-0.15, -0.1) is 0 Å². The Labute approximate surface area is 143 Å². The van der Waals surface area contributed by atoms with Gasteiger partial charge in [0.15, 0.2) is 11.5 Å². The number of fused-ring (bicyclic) bond motifs is 2. The van der Waals surface area contributed by atoms with Crippen LogP contribution in [-0.4, -0.2) is 32.7 Å². The molecule has 1 saturated carbocycles. The van der Waals surface area contributed by atoms with Crippen molar-refractivity contribution < 1.29 is 9.53 Å². The summed E-state index contributed by atoms with van der Waals surface area (Å²) < 4.78 is 5.47. The number of hydrogen-bond acceptors (Lipinski definition) is 5. The van der Waals surface area contributed by atoms with E-state index in [0.717, 1.165) is 47.2 Å². The molecule has 1 amide bonds. The zero-order valence-corrected chi connectivity index (χ0v) is 13.6. The molecule has 25 heavy (non-hydrogen) atoms. The maximum Gasteiger partial charge on any atom is 0.277 e. The maximum absolute atomic E-state index is 12.9. The van der Waals surface area contributed by atoms with Crippen molar-refractivity contribution in [1.82, 2.24) is 20.2 Å². The number of ether oxygens (including phenoxy) is 1. The van der Waals surface area contributed by atoms with E-state index in [1.54, 1.807) is 0 Å². The molecule has 0 atom stereocenters. The molecule has 1 aliphatic carbocycles. The van der Waals surface area contributed by atoms with Crippen LogP contribution in [0.4, 0.5) is 5.82 Å². The van der Waals surface area contributed by atoms with E-state index in [0.29, 0.717) is 30.6 Å². The van der Waals surface area contributed by atoms with E-state index in [-0.39, 0.29) is 5.91 Å². The van der Waals surface area contributed by atoms with Gasteiger partial charge in [0.25, 0.3) is 5.91 Å². The number of aromatic nitrogens is 4. The SMILES string of the molecule is O=C(Nc1n[nH]c2c1COCC2)c1nc2ccccc2nc1C1CC1. The van der Waals surface area contributed by atoms with Crippen LogP contribution in [0, 0.1) is 0 Å². The van der Waals surface area contributed by atoms with E-state index in [1.807, 2.05) is 24.3 Å². The predicted molar refractivity (Wildman–Crippen MR) is 91.4 cm³/mol. The molecule has 126 valence electrons. The zero-order chi connectivity index (χ0) is 16.8. The van der Waals surface area contributed by atoms with Crippen molar-refractivity contribution in [3.05, 3.63) is 46.9 Å². The molecule has 0 unspecified atom stereocenters. The number of nitrogens with one attached hydrogen (secondary N) is 2. The molecule has 7 nitrogen and oxygen atoms in total. The van der Waals surface area contributed by atoms with E-state index in [2.05, 4.69) is 20.5 Å². The molecule has 1 aliphatic heterocycles.